The average Bonchev–Trinajstić information content (AvgIpc) is 2.38. The number of hydrogen-bond acceptors (Lipinski definition) is 3. The molecule has 0 aliphatic carbocycles. The molecule has 0 fully saturated rings. The molecular weight excluding hydrogens is 365 g/mol. The molecule has 0 saturated heterocycles. The molecule has 0 aliphatic rings. The number of ether oxygens (including phenoxy) is 1. The Morgan fingerprint density at radius 3 is 2.65 bits per heavy atom. The number of hydrogen-bond donors (Lipinski definition) is 1. The van der Waals surface area contributed by atoms with Gasteiger partial charge in [0.15, 0.2) is 0 Å². The average molecular weight is 375 g/mol. The van der Waals surface area contributed by atoms with Crippen molar-refractivity contribution in [3.05, 3.63) is 62.0 Å². The number of carbonyl (C=O) groups excluding carboxylic acids is 1. The summed E-state index contributed by atoms with van der Waals surface area (Å²) in [6, 6.07) is 9.87. The number of carbonyl (C=O) groups is 1. The van der Waals surface area contributed by atoms with Crippen LogP contribution >= 0.6 is 39.1 Å². The first-order valence-electron chi connectivity index (χ1n) is 5.63. The van der Waals surface area contributed by atoms with E-state index in [2.05, 4.69) is 15.9 Å². The Kier molecular flexibility index (Phi) is 4.91. The zero-order chi connectivity index (χ0) is 14.7. The van der Waals surface area contributed by atoms with Crippen LogP contribution in [-0.2, 0) is 11.3 Å². The monoisotopic (exact) mass is 373 g/mol. The minimum atomic E-state index is -0.478. The van der Waals surface area contributed by atoms with Crippen molar-refractivity contribution in [2.24, 2.45) is 0 Å². The summed E-state index contributed by atoms with van der Waals surface area (Å²) in [6.45, 7) is 0.0463. The molecule has 6 heteroatoms. The predicted octanol–water partition coefficient (Wildman–Crippen LogP) is 4.70. The molecule has 2 N–H and O–H groups in total. The van der Waals surface area contributed by atoms with Crippen LogP contribution in [0.25, 0.3) is 0 Å². The largest absolute Gasteiger partial charge is 0.457 e. The highest BCUT2D eigenvalue weighted by molar-refractivity contribution is 9.10. The van der Waals surface area contributed by atoms with E-state index in [1.807, 2.05) is 0 Å². The van der Waals surface area contributed by atoms with Crippen LogP contribution < -0.4 is 5.73 Å². The van der Waals surface area contributed by atoms with Crippen LogP contribution in [0.5, 0.6) is 0 Å². The first kappa shape index (κ1) is 15.2. The molecule has 0 amide bonds. The van der Waals surface area contributed by atoms with Gasteiger partial charge in [-0.3, -0.25) is 0 Å². The third-order valence-corrected chi connectivity index (χ3v) is 3.58. The van der Waals surface area contributed by atoms with E-state index < -0.39 is 5.97 Å². The molecule has 0 saturated carbocycles. The van der Waals surface area contributed by atoms with Gasteiger partial charge >= 0.3 is 5.97 Å². The van der Waals surface area contributed by atoms with Crippen molar-refractivity contribution in [1.29, 1.82) is 0 Å². The van der Waals surface area contributed by atoms with E-state index in [1.165, 1.54) is 0 Å². The highest BCUT2D eigenvalue weighted by Crippen LogP contribution is 2.22. The van der Waals surface area contributed by atoms with Crippen molar-refractivity contribution in [3.8, 4) is 0 Å². The maximum absolute atomic E-state index is 11.9. The van der Waals surface area contributed by atoms with Gasteiger partial charge in [0.1, 0.15) is 6.61 Å². The van der Waals surface area contributed by atoms with Crippen LogP contribution in [-0.4, -0.2) is 5.97 Å². The molecule has 2 aromatic carbocycles. The predicted molar refractivity (Wildman–Crippen MR) is 84.1 cm³/mol. The quantitative estimate of drug-likeness (QED) is 0.626. The van der Waals surface area contributed by atoms with Crippen LogP contribution in [0.15, 0.2) is 40.9 Å². The zero-order valence-electron chi connectivity index (χ0n) is 10.2. The standard InChI is InChI=1S/C14H10BrCl2NO2/c15-10-3-8(5-12(18)6-10)14(19)20-7-9-4-11(16)1-2-13(9)17/h1-6H,7,18H2. The van der Waals surface area contributed by atoms with E-state index in [-0.39, 0.29) is 6.61 Å². The third-order valence-electron chi connectivity index (χ3n) is 2.52. The Hall–Kier alpha value is -1.23. The van der Waals surface area contributed by atoms with Crippen LogP contribution in [0.1, 0.15) is 15.9 Å². The molecule has 0 unspecified atom stereocenters. The number of anilines is 1. The number of rotatable bonds is 3. The molecule has 0 atom stereocenters. The Labute approximate surface area is 134 Å². The van der Waals surface area contributed by atoms with Gasteiger partial charge in [-0.1, -0.05) is 39.1 Å². The Morgan fingerprint density at radius 2 is 1.95 bits per heavy atom. The fourth-order valence-corrected chi connectivity index (χ4v) is 2.49. The summed E-state index contributed by atoms with van der Waals surface area (Å²) in [5.41, 5.74) is 7.17. The highest BCUT2D eigenvalue weighted by Gasteiger charge is 2.10. The second-order valence-electron chi connectivity index (χ2n) is 4.09. The number of benzene rings is 2. The Bertz CT molecular complexity index is 641. The van der Waals surface area contributed by atoms with E-state index in [4.69, 9.17) is 33.7 Å². The van der Waals surface area contributed by atoms with Crippen molar-refractivity contribution in [3.63, 3.8) is 0 Å². The number of esters is 1. The van der Waals surface area contributed by atoms with Crippen molar-refractivity contribution < 1.29 is 9.53 Å². The summed E-state index contributed by atoms with van der Waals surface area (Å²) >= 11 is 15.1. The molecule has 0 aromatic heterocycles. The van der Waals surface area contributed by atoms with Crippen LogP contribution in [0.4, 0.5) is 5.69 Å². The molecule has 0 radical (unpaired) electrons. The molecule has 20 heavy (non-hydrogen) atoms. The third kappa shape index (κ3) is 3.88. The molecule has 2 aromatic rings. The zero-order valence-corrected chi connectivity index (χ0v) is 13.3. The summed E-state index contributed by atoms with van der Waals surface area (Å²) in [5, 5.41) is 1.03. The van der Waals surface area contributed by atoms with E-state index in [0.29, 0.717) is 31.3 Å². The molecule has 3 nitrogen and oxygen atoms in total. The van der Waals surface area contributed by atoms with E-state index in [1.54, 1.807) is 36.4 Å². The highest BCUT2D eigenvalue weighted by atomic mass is 79.9. The lowest BCUT2D eigenvalue weighted by Crippen LogP contribution is -2.06. The normalized spacial score (nSPS) is 10.3. The lowest BCUT2D eigenvalue weighted by molar-refractivity contribution is 0.0473. The van der Waals surface area contributed by atoms with Crippen LogP contribution in [0.3, 0.4) is 0 Å². The SMILES string of the molecule is Nc1cc(Br)cc(C(=O)OCc2cc(Cl)ccc2Cl)c1. The van der Waals surface area contributed by atoms with Crippen molar-refractivity contribution in [2.75, 3.05) is 5.73 Å². The Balaban J connectivity index is 2.10. The second kappa shape index (κ2) is 6.48. The molecule has 2 rings (SSSR count). The van der Waals surface area contributed by atoms with Crippen molar-refractivity contribution >= 4 is 50.8 Å². The van der Waals surface area contributed by atoms with E-state index in [0.717, 1.165) is 0 Å². The topological polar surface area (TPSA) is 52.3 Å². The van der Waals surface area contributed by atoms with Crippen LogP contribution in [0.2, 0.25) is 10.0 Å². The summed E-state index contributed by atoms with van der Waals surface area (Å²) in [5.74, 6) is -0.478. The summed E-state index contributed by atoms with van der Waals surface area (Å²) < 4.78 is 5.91. The minimum Gasteiger partial charge on any atom is -0.457 e. The minimum absolute atomic E-state index is 0.0463. The summed E-state index contributed by atoms with van der Waals surface area (Å²) in [6.07, 6.45) is 0. The number of halogens is 3. The maximum Gasteiger partial charge on any atom is 0.338 e. The van der Waals surface area contributed by atoms with Gasteiger partial charge in [0.05, 0.1) is 5.56 Å². The van der Waals surface area contributed by atoms with Gasteiger partial charge in [0.2, 0.25) is 0 Å². The van der Waals surface area contributed by atoms with E-state index in [9.17, 15) is 4.79 Å². The Morgan fingerprint density at radius 1 is 1.20 bits per heavy atom. The van der Waals surface area contributed by atoms with Gasteiger partial charge in [0.25, 0.3) is 0 Å². The smallest absolute Gasteiger partial charge is 0.338 e. The molecule has 0 heterocycles. The van der Waals surface area contributed by atoms with Gasteiger partial charge in [0, 0.05) is 25.8 Å². The van der Waals surface area contributed by atoms with Gasteiger partial charge in [-0.05, 0) is 36.4 Å². The fourth-order valence-electron chi connectivity index (χ4n) is 1.61. The molecule has 0 bridgehead atoms. The molecular formula is C14H10BrCl2NO2. The number of nitrogen functional groups attached to an aromatic ring is 1. The summed E-state index contributed by atoms with van der Waals surface area (Å²) in [4.78, 5) is 11.9. The molecule has 0 aliphatic heterocycles. The fraction of sp³-hybridized carbons (Fsp3) is 0.0714. The first-order valence-corrected chi connectivity index (χ1v) is 7.18. The summed E-state index contributed by atoms with van der Waals surface area (Å²) in [7, 11) is 0. The van der Waals surface area contributed by atoms with Gasteiger partial charge in [-0.2, -0.15) is 0 Å². The van der Waals surface area contributed by atoms with Gasteiger partial charge in [-0.25, -0.2) is 4.79 Å². The second-order valence-corrected chi connectivity index (χ2v) is 5.84. The number of nitrogens with two attached hydrogens (primary N) is 1. The van der Waals surface area contributed by atoms with Gasteiger partial charge < -0.3 is 10.5 Å². The lowest BCUT2D eigenvalue weighted by Gasteiger charge is -2.08. The van der Waals surface area contributed by atoms with Gasteiger partial charge in [-0.15, -0.1) is 0 Å². The molecule has 0 spiro atoms. The first-order chi connectivity index (χ1) is 9.45. The van der Waals surface area contributed by atoms with E-state index >= 15 is 0 Å². The van der Waals surface area contributed by atoms with Crippen molar-refractivity contribution in [1.82, 2.24) is 0 Å². The molecule has 104 valence electrons. The maximum atomic E-state index is 11.9. The van der Waals surface area contributed by atoms with Crippen LogP contribution in [0, 0.1) is 0 Å². The van der Waals surface area contributed by atoms with Crippen molar-refractivity contribution in [2.45, 2.75) is 6.61 Å². The lowest BCUT2D eigenvalue weighted by atomic mass is 10.2.